The van der Waals surface area contributed by atoms with Crippen LogP contribution < -0.4 is 5.73 Å². The normalized spacial score (nSPS) is 13.1. The van der Waals surface area contributed by atoms with E-state index >= 15 is 0 Å². The second-order valence-electron chi connectivity index (χ2n) is 3.93. The summed E-state index contributed by atoms with van der Waals surface area (Å²) in [6.07, 6.45) is 0. The molecule has 0 spiro atoms. The van der Waals surface area contributed by atoms with Crippen molar-refractivity contribution in [2.75, 3.05) is 0 Å². The Bertz CT molecular complexity index is 550. The highest BCUT2D eigenvalue weighted by molar-refractivity contribution is 6.38. The SMILES string of the molecule is Cc1cc(C(C)N)c2cc(Cl)cc(Cl)c2n1. The van der Waals surface area contributed by atoms with Gasteiger partial charge < -0.3 is 5.73 Å². The molecule has 1 heterocycles. The lowest BCUT2D eigenvalue weighted by atomic mass is 10.0. The summed E-state index contributed by atoms with van der Waals surface area (Å²) in [7, 11) is 0. The summed E-state index contributed by atoms with van der Waals surface area (Å²) in [6.45, 7) is 3.86. The average molecular weight is 255 g/mol. The number of aromatic nitrogens is 1. The van der Waals surface area contributed by atoms with Crippen LogP contribution in [0.15, 0.2) is 18.2 Å². The molecule has 0 aliphatic heterocycles. The van der Waals surface area contributed by atoms with Crippen molar-refractivity contribution in [3.05, 3.63) is 39.5 Å². The molecule has 0 aliphatic carbocycles. The molecule has 1 unspecified atom stereocenters. The molecule has 0 bridgehead atoms. The third-order valence-electron chi connectivity index (χ3n) is 2.48. The van der Waals surface area contributed by atoms with E-state index in [2.05, 4.69) is 4.98 Å². The van der Waals surface area contributed by atoms with Gasteiger partial charge in [-0.05, 0) is 37.6 Å². The fraction of sp³-hybridized carbons (Fsp3) is 0.250. The third-order valence-corrected chi connectivity index (χ3v) is 2.99. The van der Waals surface area contributed by atoms with Crippen LogP contribution in [0.25, 0.3) is 10.9 Å². The minimum absolute atomic E-state index is 0.0706. The van der Waals surface area contributed by atoms with Crippen LogP contribution >= 0.6 is 23.2 Å². The smallest absolute Gasteiger partial charge is 0.0895 e. The first-order chi connectivity index (χ1) is 7.49. The number of nitrogens with zero attached hydrogens (tertiary/aromatic N) is 1. The number of benzene rings is 1. The number of nitrogens with two attached hydrogens (primary N) is 1. The van der Waals surface area contributed by atoms with Gasteiger partial charge in [-0.25, -0.2) is 0 Å². The first kappa shape index (κ1) is 11.6. The molecule has 2 rings (SSSR count). The molecule has 16 heavy (non-hydrogen) atoms. The van der Waals surface area contributed by atoms with Crippen LogP contribution in [0.1, 0.15) is 24.2 Å². The van der Waals surface area contributed by atoms with Crippen molar-refractivity contribution in [1.82, 2.24) is 4.98 Å². The number of fused-ring (bicyclic) bond motifs is 1. The fourth-order valence-electron chi connectivity index (χ4n) is 1.79. The zero-order valence-electron chi connectivity index (χ0n) is 9.09. The van der Waals surface area contributed by atoms with Crippen molar-refractivity contribution >= 4 is 34.1 Å². The third kappa shape index (κ3) is 2.01. The molecule has 4 heteroatoms. The summed E-state index contributed by atoms with van der Waals surface area (Å²) in [4.78, 5) is 4.41. The monoisotopic (exact) mass is 254 g/mol. The Morgan fingerprint density at radius 1 is 1.25 bits per heavy atom. The van der Waals surface area contributed by atoms with Gasteiger partial charge in [-0.15, -0.1) is 0 Å². The molecule has 0 saturated carbocycles. The lowest BCUT2D eigenvalue weighted by Crippen LogP contribution is -2.07. The second-order valence-corrected chi connectivity index (χ2v) is 4.77. The van der Waals surface area contributed by atoms with E-state index in [0.717, 1.165) is 22.2 Å². The quantitative estimate of drug-likeness (QED) is 0.840. The Hall–Kier alpha value is -0.830. The molecule has 0 amide bonds. The number of pyridine rings is 1. The Balaban J connectivity index is 2.89. The minimum Gasteiger partial charge on any atom is -0.324 e. The van der Waals surface area contributed by atoms with Crippen molar-refractivity contribution in [1.29, 1.82) is 0 Å². The van der Waals surface area contributed by atoms with Crippen molar-refractivity contribution in [2.45, 2.75) is 19.9 Å². The fourth-order valence-corrected chi connectivity index (χ4v) is 2.32. The van der Waals surface area contributed by atoms with Gasteiger partial charge in [0.15, 0.2) is 0 Å². The van der Waals surface area contributed by atoms with Crippen LogP contribution in [0.4, 0.5) is 0 Å². The van der Waals surface area contributed by atoms with Crippen LogP contribution in [0.3, 0.4) is 0 Å². The van der Waals surface area contributed by atoms with Crippen molar-refractivity contribution in [3.8, 4) is 0 Å². The van der Waals surface area contributed by atoms with Crippen molar-refractivity contribution in [2.24, 2.45) is 5.73 Å². The van der Waals surface area contributed by atoms with E-state index < -0.39 is 0 Å². The zero-order valence-corrected chi connectivity index (χ0v) is 10.6. The van der Waals surface area contributed by atoms with Crippen molar-refractivity contribution in [3.63, 3.8) is 0 Å². The maximum Gasteiger partial charge on any atom is 0.0895 e. The van der Waals surface area contributed by atoms with E-state index in [4.69, 9.17) is 28.9 Å². The molecule has 1 atom stereocenters. The minimum atomic E-state index is -0.0706. The van der Waals surface area contributed by atoms with E-state index in [-0.39, 0.29) is 6.04 Å². The van der Waals surface area contributed by atoms with Crippen LogP contribution in [0.5, 0.6) is 0 Å². The summed E-state index contributed by atoms with van der Waals surface area (Å²) in [5.74, 6) is 0. The molecule has 2 aromatic rings. The topological polar surface area (TPSA) is 38.9 Å². The van der Waals surface area contributed by atoms with Gasteiger partial charge in [0.05, 0.1) is 10.5 Å². The van der Waals surface area contributed by atoms with E-state index in [1.54, 1.807) is 6.07 Å². The summed E-state index contributed by atoms with van der Waals surface area (Å²) < 4.78 is 0. The van der Waals surface area contributed by atoms with Gasteiger partial charge in [0.2, 0.25) is 0 Å². The molecule has 0 radical (unpaired) electrons. The Kier molecular flexibility index (Phi) is 3.06. The molecule has 84 valence electrons. The van der Waals surface area contributed by atoms with Gasteiger partial charge in [-0.2, -0.15) is 0 Å². The van der Waals surface area contributed by atoms with E-state index in [0.29, 0.717) is 10.0 Å². The standard InChI is InChI=1S/C12H12Cl2N2/c1-6-3-9(7(2)15)10-4-8(13)5-11(14)12(10)16-6/h3-5,7H,15H2,1-2H3. The molecule has 2 nitrogen and oxygen atoms in total. The summed E-state index contributed by atoms with van der Waals surface area (Å²) in [6, 6.07) is 5.45. The largest absolute Gasteiger partial charge is 0.324 e. The second kappa shape index (κ2) is 4.21. The highest BCUT2D eigenvalue weighted by Gasteiger charge is 2.11. The van der Waals surface area contributed by atoms with Crippen LogP contribution in [0.2, 0.25) is 10.0 Å². The molecule has 0 saturated heterocycles. The molecular formula is C12H12Cl2N2. The van der Waals surface area contributed by atoms with Crippen LogP contribution in [-0.2, 0) is 0 Å². The summed E-state index contributed by atoms with van der Waals surface area (Å²) in [5, 5.41) is 2.09. The Morgan fingerprint density at radius 2 is 1.94 bits per heavy atom. The van der Waals surface area contributed by atoms with Crippen LogP contribution in [0, 0.1) is 6.92 Å². The molecule has 2 N–H and O–H groups in total. The number of hydrogen-bond donors (Lipinski definition) is 1. The van der Waals surface area contributed by atoms with Crippen LogP contribution in [-0.4, -0.2) is 4.98 Å². The predicted octanol–water partition coefficient (Wildman–Crippen LogP) is 3.87. The lowest BCUT2D eigenvalue weighted by Gasteiger charge is -2.12. The molecule has 0 fully saturated rings. The molecular weight excluding hydrogens is 243 g/mol. The number of rotatable bonds is 1. The van der Waals surface area contributed by atoms with Gasteiger partial charge in [-0.3, -0.25) is 4.98 Å². The molecule has 1 aromatic heterocycles. The molecule has 0 aliphatic rings. The number of hydrogen-bond acceptors (Lipinski definition) is 2. The maximum atomic E-state index is 6.12. The van der Waals surface area contributed by atoms with E-state index in [1.807, 2.05) is 26.0 Å². The van der Waals surface area contributed by atoms with E-state index in [9.17, 15) is 0 Å². The van der Waals surface area contributed by atoms with Crippen molar-refractivity contribution < 1.29 is 0 Å². The first-order valence-corrected chi connectivity index (χ1v) is 5.76. The van der Waals surface area contributed by atoms with Gasteiger partial charge in [0.25, 0.3) is 0 Å². The van der Waals surface area contributed by atoms with Gasteiger partial charge >= 0.3 is 0 Å². The highest BCUT2D eigenvalue weighted by Crippen LogP contribution is 2.31. The van der Waals surface area contributed by atoms with E-state index in [1.165, 1.54) is 0 Å². The summed E-state index contributed by atoms with van der Waals surface area (Å²) in [5.41, 5.74) is 8.62. The lowest BCUT2D eigenvalue weighted by molar-refractivity contribution is 0.823. The predicted molar refractivity (Wildman–Crippen MR) is 69.1 cm³/mol. The van der Waals surface area contributed by atoms with Gasteiger partial charge in [0, 0.05) is 22.1 Å². The summed E-state index contributed by atoms with van der Waals surface area (Å²) >= 11 is 12.1. The molecule has 1 aromatic carbocycles. The number of aryl methyl sites for hydroxylation is 1. The maximum absolute atomic E-state index is 6.12. The van der Waals surface area contributed by atoms with Gasteiger partial charge in [-0.1, -0.05) is 23.2 Å². The Morgan fingerprint density at radius 3 is 2.56 bits per heavy atom. The average Bonchev–Trinajstić information content (AvgIpc) is 2.18. The highest BCUT2D eigenvalue weighted by atomic mass is 35.5. The van der Waals surface area contributed by atoms with Gasteiger partial charge in [0.1, 0.15) is 0 Å². The zero-order chi connectivity index (χ0) is 11.9. The Labute approximate surface area is 104 Å². The number of halogens is 2. The first-order valence-electron chi connectivity index (χ1n) is 5.01.